The van der Waals surface area contributed by atoms with Crippen LogP contribution in [-0.2, 0) is 22.5 Å². The van der Waals surface area contributed by atoms with Crippen LogP contribution in [0.5, 0.6) is 0 Å². The molecule has 1 amide bonds. The topological polar surface area (TPSA) is 69.0 Å². The summed E-state index contributed by atoms with van der Waals surface area (Å²) in [5.74, 6) is 0.241. The van der Waals surface area contributed by atoms with Gasteiger partial charge < -0.3 is 10.1 Å². The first-order valence-corrected chi connectivity index (χ1v) is 8.46. The van der Waals surface area contributed by atoms with Crippen LogP contribution in [0.2, 0.25) is 0 Å². The molecule has 6 heteroatoms. The Morgan fingerprint density at radius 2 is 2.04 bits per heavy atom. The van der Waals surface area contributed by atoms with Gasteiger partial charge >= 0.3 is 0 Å². The summed E-state index contributed by atoms with van der Waals surface area (Å²) in [6.07, 6.45) is 6.24. The maximum atomic E-state index is 12.5. The molecular formula is C19H20N4O2. The monoisotopic (exact) mass is 336 g/mol. The van der Waals surface area contributed by atoms with Crippen molar-refractivity contribution in [3.8, 4) is 0 Å². The molecule has 0 saturated carbocycles. The number of benzene rings is 1. The van der Waals surface area contributed by atoms with Crippen LogP contribution in [0.25, 0.3) is 10.9 Å². The molecule has 4 rings (SSSR count). The average Bonchev–Trinajstić information content (AvgIpc) is 3.23. The van der Waals surface area contributed by atoms with Gasteiger partial charge in [-0.1, -0.05) is 18.2 Å². The average molecular weight is 336 g/mol. The van der Waals surface area contributed by atoms with E-state index in [-0.39, 0.29) is 24.4 Å². The highest BCUT2D eigenvalue weighted by atomic mass is 16.5. The van der Waals surface area contributed by atoms with E-state index in [4.69, 9.17) is 4.74 Å². The van der Waals surface area contributed by atoms with Gasteiger partial charge in [0.05, 0.1) is 31.0 Å². The van der Waals surface area contributed by atoms with Crippen LogP contribution in [0, 0.1) is 5.92 Å². The summed E-state index contributed by atoms with van der Waals surface area (Å²) >= 11 is 0. The van der Waals surface area contributed by atoms with Crippen LogP contribution in [0.15, 0.2) is 55.0 Å². The molecule has 3 heterocycles. The highest BCUT2D eigenvalue weighted by molar-refractivity contribution is 5.82. The lowest BCUT2D eigenvalue weighted by Gasteiger charge is -2.19. The SMILES string of the molecule is O=C(Cn1ncc2ccccc21)N[C@H]1COC[C@H]1Cc1ccncc1. The molecule has 2 atom stereocenters. The fourth-order valence-electron chi connectivity index (χ4n) is 3.32. The van der Waals surface area contributed by atoms with Crippen molar-refractivity contribution in [1.82, 2.24) is 20.1 Å². The van der Waals surface area contributed by atoms with Gasteiger partial charge in [0.25, 0.3) is 0 Å². The minimum atomic E-state index is -0.0379. The first-order valence-electron chi connectivity index (χ1n) is 8.46. The Morgan fingerprint density at radius 1 is 1.20 bits per heavy atom. The number of hydrogen-bond donors (Lipinski definition) is 1. The Morgan fingerprint density at radius 3 is 2.92 bits per heavy atom. The second kappa shape index (κ2) is 7.03. The largest absolute Gasteiger partial charge is 0.379 e. The van der Waals surface area contributed by atoms with Crippen molar-refractivity contribution in [3.63, 3.8) is 0 Å². The van der Waals surface area contributed by atoms with Crippen molar-refractivity contribution < 1.29 is 9.53 Å². The molecule has 25 heavy (non-hydrogen) atoms. The number of ether oxygens (including phenoxy) is 1. The Bertz CT molecular complexity index is 862. The van der Waals surface area contributed by atoms with Crippen LogP contribution in [-0.4, -0.2) is 39.9 Å². The van der Waals surface area contributed by atoms with E-state index in [0.29, 0.717) is 13.2 Å². The Labute approximate surface area is 145 Å². The molecule has 0 radical (unpaired) electrons. The van der Waals surface area contributed by atoms with Gasteiger partial charge in [-0.3, -0.25) is 14.5 Å². The molecule has 0 bridgehead atoms. The third kappa shape index (κ3) is 3.53. The lowest BCUT2D eigenvalue weighted by molar-refractivity contribution is -0.122. The summed E-state index contributed by atoms with van der Waals surface area (Å²) in [7, 11) is 0. The van der Waals surface area contributed by atoms with E-state index in [2.05, 4.69) is 15.4 Å². The lowest BCUT2D eigenvalue weighted by Crippen LogP contribution is -2.42. The van der Waals surface area contributed by atoms with E-state index in [1.807, 2.05) is 36.4 Å². The molecule has 128 valence electrons. The van der Waals surface area contributed by atoms with Crippen LogP contribution in [0.4, 0.5) is 0 Å². The number of fused-ring (bicyclic) bond motifs is 1. The predicted octanol–water partition coefficient (Wildman–Crippen LogP) is 1.81. The summed E-state index contributed by atoms with van der Waals surface area (Å²) in [6.45, 7) is 1.44. The molecule has 0 unspecified atom stereocenters. The van der Waals surface area contributed by atoms with Crippen molar-refractivity contribution in [1.29, 1.82) is 0 Å². The number of nitrogens with zero attached hydrogens (tertiary/aromatic N) is 3. The van der Waals surface area contributed by atoms with Gasteiger partial charge in [0.1, 0.15) is 6.54 Å². The van der Waals surface area contributed by atoms with Gasteiger partial charge in [-0.15, -0.1) is 0 Å². The second-order valence-corrected chi connectivity index (χ2v) is 6.39. The highest BCUT2D eigenvalue weighted by Gasteiger charge is 2.29. The molecule has 1 aliphatic heterocycles. The Balaban J connectivity index is 1.39. The first-order chi connectivity index (χ1) is 12.3. The number of hydrogen-bond acceptors (Lipinski definition) is 4. The fraction of sp³-hybridized carbons (Fsp3) is 0.316. The predicted molar refractivity (Wildman–Crippen MR) is 93.9 cm³/mol. The maximum absolute atomic E-state index is 12.5. The number of para-hydroxylation sites is 1. The molecular weight excluding hydrogens is 316 g/mol. The normalized spacial score (nSPS) is 20.0. The van der Waals surface area contributed by atoms with Crippen molar-refractivity contribution in [2.24, 2.45) is 5.92 Å². The number of nitrogens with one attached hydrogen (secondary N) is 1. The molecule has 1 N–H and O–H groups in total. The van der Waals surface area contributed by atoms with Crippen molar-refractivity contribution in [2.45, 2.75) is 19.0 Å². The number of amides is 1. The number of aromatic nitrogens is 3. The van der Waals surface area contributed by atoms with E-state index < -0.39 is 0 Å². The van der Waals surface area contributed by atoms with Crippen LogP contribution in [0.1, 0.15) is 5.56 Å². The van der Waals surface area contributed by atoms with E-state index in [0.717, 1.165) is 17.3 Å². The number of rotatable bonds is 5. The molecule has 1 saturated heterocycles. The molecule has 3 aromatic rings. The van der Waals surface area contributed by atoms with E-state index in [1.54, 1.807) is 23.3 Å². The quantitative estimate of drug-likeness (QED) is 0.771. The zero-order valence-electron chi connectivity index (χ0n) is 13.8. The van der Waals surface area contributed by atoms with Crippen molar-refractivity contribution >= 4 is 16.8 Å². The number of carbonyl (C=O) groups is 1. The molecule has 1 fully saturated rings. The maximum Gasteiger partial charge on any atom is 0.242 e. The van der Waals surface area contributed by atoms with Crippen LogP contribution in [0.3, 0.4) is 0 Å². The first kappa shape index (κ1) is 15.8. The highest BCUT2D eigenvalue weighted by Crippen LogP contribution is 2.19. The molecule has 2 aromatic heterocycles. The third-order valence-corrected chi connectivity index (χ3v) is 4.64. The Kier molecular flexibility index (Phi) is 4.43. The van der Waals surface area contributed by atoms with E-state index >= 15 is 0 Å². The standard InChI is InChI=1S/C19H20N4O2/c24-19(11-23-18-4-2-1-3-15(18)10-21-23)22-17-13-25-12-16(17)9-14-5-7-20-8-6-14/h1-8,10,16-17H,9,11-13H2,(H,22,24)/t16-,17+/m1/s1. The lowest BCUT2D eigenvalue weighted by atomic mass is 9.95. The molecule has 6 nitrogen and oxygen atoms in total. The van der Waals surface area contributed by atoms with Gasteiger partial charge in [-0.05, 0) is 30.2 Å². The molecule has 1 aromatic carbocycles. The van der Waals surface area contributed by atoms with Crippen molar-refractivity contribution in [3.05, 3.63) is 60.6 Å². The Hall–Kier alpha value is -2.73. The minimum Gasteiger partial charge on any atom is -0.379 e. The van der Waals surface area contributed by atoms with E-state index in [1.165, 1.54) is 5.56 Å². The minimum absolute atomic E-state index is 0.0301. The summed E-state index contributed by atoms with van der Waals surface area (Å²) in [4.78, 5) is 16.5. The van der Waals surface area contributed by atoms with Gasteiger partial charge in [0, 0.05) is 23.7 Å². The molecule has 0 aliphatic carbocycles. The summed E-state index contributed by atoms with van der Waals surface area (Å²) in [5.41, 5.74) is 2.18. The summed E-state index contributed by atoms with van der Waals surface area (Å²) in [6, 6.07) is 11.9. The van der Waals surface area contributed by atoms with E-state index in [9.17, 15) is 4.79 Å². The second-order valence-electron chi connectivity index (χ2n) is 6.39. The summed E-state index contributed by atoms with van der Waals surface area (Å²) < 4.78 is 7.33. The number of carbonyl (C=O) groups excluding carboxylic acids is 1. The van der Waals surface area contributed by atoms with Crippen LogP contribution < -0.4 is 5.32 Å². The van der Waals surface area contributed by atoms with Gasteiger partial charge in [-0.2, -0.15) is 5.10 Å². The zero-order valence-corrected chi connectivity index (χ0v) is 13.8. The third-order valence-electron chi connectivity index (χ3n) is 4.64. The summed E-state index contributed by atoms with van der Waals surface area (Å²) in [5, 5.41) is 8.46. The smallest absolute Gasteiger partial charge is 0.242 e. The zero-order chi connectivity index (χ0) is 17.1. The number of pyridine rings is 1. The van der Waals surface area contributed by atoms with Gasteiger partial charge in [0.15, 0.2) is 0 Å². The van der Waals surface area contributed by atoms with Crippen LogP contribution >= 0.6 is 0 Å². The van der Waals surface area contributed by atoms with Gasteiger partial charge in [-0.25, -0.2) is 0 Å². The van der Waals surface area contributed by atoms with Crippen molar-refractivity contribution in [2.75, 3.05) is 13.2 Å². The molecule has 1 aliphatic rings. The molecule has 0 spiro atoms. The van der Waals surface area contributed by atoms with Gasteiger partial charge in [0.2, 0.25) is 5.91 Å². The fourth-order valence-corrected chi connectivity index (χ4v) is 3.32.